The second-order valence-corrected chi connectivity index (χ2v) is 11.9. The van der Waals surface area contributed by atoms with Crippen LogP contribution >= 0.6 is 11.6 Å². The van der Waals surface area contributed by atoms with Gasteiger partial charge >= 0.3 is 0 Å². The van der Waals surface area contributed by atoms with Crippen LogP contribution in [0.25, 0.3) is 0 Å². The lowest BCUT2D eigenvalue weighted by atomic mass is 9.83. The molecule has 0 spiro atoms. The van der Waals surface area contributed by atoms with Crippen LogP contribution in [-0.4, -0.2) is 59.5 Å². The molecule has 0 bridgehead atoms. The summed E-state index contributed by atoms with van der Waals surface area (Å²) in [5.41, 5.74) is 2.02. The Bertz CT molecular complexity index is 1200. The first kappa shape index (κ1) is 23.3. The van der Waals surface area contributed by atoms with Crippen LogP contribution in [-0.2, 0) is 10.0 Å². The van der Waals surface area contributed by atoms with E-state index in [1.165, 1.54) is 10.4 Å². The van der Waals surface area contributed by atoms with Crippen molar-refractivity contribution in [2.24, 2.45) is 5.10 Å². The number of halogens is 2. The van der Waals surface area contributed by atoms with Crippen LogP contribution in [0.1, 0.15) is 50.1 Å². The van der Waals surface area contributed by atoms with Crippen LogP contribution in [0.2, 0.25) is 0 Å². The zero-order valence-electron chi connectivity index (χ0n) is 19.2. The summed E-state index contributed by atoms with van der Waals surface area (Å²) in [7, 11) is -0.594. The Morgan fingerprint density at radius 1 is 1.21 bits per heavy atom. The van der Waals surface area contributed by atoms with Crippen LogP contribution < -0.4 is 5.32 Å². The highest BCUT2D eigenvalue weighted by Gasteiger charge is 2.45. The number of rotatable bonds is 4. The molecule has 3 heterocycles. The van der Waals surface area contributed by atoms with E-state index in [2.05, 4.69) is 15.4 Å². The first-order valence-corrected chi connectivity index (χ1v) is 13.3. The molecule has 1 atom stereocenters. The normalized spacial score (nSPS) is 27.1. The molecule has 0 amide bonds. The van der Waals surface area contributed by atoms with E-state index >= 15 is 0 Å². The van der Waals surface area contributed by atoms with Crippen LogP contribution in [0.5, 0.6) is 0 Å². The first-order valence-electron chi connectivity index (χ1n) is 11.5. The lowest BCUT2D eigenvalue weighted by molar-refractivity contribution is 0.179. The molecule has 1 unspecified atom stereocenters. The van der Waals surface area contributed by atoms with Gasteiger partial charge in [0.1, 0.15) is 18.0 Å². The van der Waals surface area contributed by atoms with Crippen LogP contribution in [0.3, 0.4) is 0 Å². The van der Waals surface area contributed by atoms with E-state index in [0.717, 1.165) is 37.0 Å². The zero-order valence-corrected chi connectivity index (χ0v) is 20.7. The molecule has 8 nitrogen and oxygen atoms in total. The Labute approximate surface area is 204 Å². The summed E-state index contributed by atoms with van der Waals surface area (Å²) in [5, 5.41) is 9.60. The van der Waals surface area contributed by atoms with Crippen molar-refractivity contribution in [3.63, 3.8) is 0 Å². The fourth-order valence-corrected chi connectivity index (χ4v) is 6.83. The Hall–Kier alpha value is -2.43. The third-order valence-corrected chi connectivity index (χ3v) is 9.39. The van der Waals surface area contributed by atoms with E-state index < -0.39 is 15.4 Å². The molecule has 1 fully saturated rings. The highest BCUT2D eigenvalue weighted by molar-refractivity contribution is 7.89. The van der Waals surface area contributed by atoms with Crippen molar-refractivity contribution in [1.82, 2.24) is 24.5 Å². The zero-order chi connectivity index (χ0) is 24.0. The minimum atomic E-state index is -3.69. The molecule has 2 aliphatic carbocycles. The number of allylic oxidation sites excluding steroid dienone is 2. The summed E-state index contributed by atoms with van der Waals surface area (Å²) in [6.45, 7) is 0. The van der Waals surface area contributed by atoms with Crippen LogP contribution in [0.4, 0.5) is 4.39 Å². The maximum atomic E-state index is 14.2. The van der Waals surface area contributed by atoms with Crippen LogP contribution in [0.15, 0.2) is 57.8 Å². The van der Waals surface area contributed by atoms with Gasteiger partial charge in [0.2, 0.25) is 10.0 Å². The summed E-state index contributed by atoms with van der Waals surface area (Å²) in [6.07, 6.45) is 11.2. The van der Waals surface area contributed by atoms with Crippen molar-refractivity contribution in [1.29, 1.82) is 0 Å². The summed E-state index contributed by atoms with van der Waals surface area (Å²) in [6, 6.07) is 3.15. The highest BCUT2D eigenvalue weighted by Crippen LogP contribution is 2.41. The Morgan fingerprint density at radius 3 is 2.68 bits per heavy atom. The lowest BCUT2D eigenvalue weighted by Gasteiger charge is -2.36. The van der Waals surface area contributed by atoms with Gasteiger partial charge < -0.3 is 5.32 Å². The maximum absolute atomic E-state index is 14.2. The number of nitrogens with one attached hydrogen (secondary N) is 1. The molecule has 1 N–H and O–H groups in total. The van der Waals surface area contributed by atoms with E-state index in [1.54, 1.807) is 37.6 Å². The second kappa shape index (κ2) is 8.98. The van der Waals surface area contributed by atoms with E-state index in [9.17, 15) is 12.8 Å². The second-order valence-electron chi connectivity index (χ2n) is 9.22. The molecular weight excluding hydrogens is 479 g/mol. The number of hydrogen-bond acceptors (Lipinski definition) is 7. The Balaban J connectivity index is 1.41. The molecule has 182 valence electrons. The van der Waals surface area contributed by atoms with E-state index in [1.807, 2.05) is 17.3 Å². The van der Waals surface area contributed by atoms with Crippen molar-refractivity contribution >= 4 is 28.0 Å². The summed E-state index contributed by atoms with van der Waals surface area (Å²) in [5.74, 6) is 0.499. The van der Waals surface area contributed by atoms with E-state index in [0.29, 0.717) is 29.4 Å². The van der Waals surface area contributed by atoms with Gasteiger partial charge in [0.25, 0.3) is 0 Å². The van der Waals surface area contributed by atoms with E-state index in [4.69, 9.17) is 11.6 Å². The van der Waals surface area contributed by atoms with Crippen molar-refractivity contribution < 1.29 is 12.8 Å². The molecule has 2 aliphatic heterocycles. The van der Waals surface area contributed by atoms with E-state index in [-0.39, 0.29) is 17.8 Å². The average Bonchev–Trinajstić information content (AvgIpc) is 3.15. The molecule has 0 radical (unpaired) electrons. The molecule has 1 aromatic rings. The number of pyridine rings is 1. The summed E-state index contributed by atoms with van der Waals surface area (Å²) < 4.78 is 42.4. The predicted molar refractivity (Wildman–Crippen MR) is 129 cm³/mol. The fourth-order valence-electron chi connectivity index (χ4n) is 5.18. The minimum Gasteiger partial charge on any atom is -0.358 e. The molecular formula is C23H28ClFN6O2S. The number of sulfonamides is 1. The molecule has 11 heteroatoms. The van der Waals surface area contributed by atoms with Gasteiger partial charge in [-0.25, -0.2) is 22.1 Å². The number of aromatic nitrogens is 1. The van der Waals surface area contributed by atoms with Gasteiger partial charge in [-0.3, -0.25) is 9.88 Å². The molecule has 34 heavy (non-hydrogen) atoms. The van der Waals surface area contributed by atoms with Gasteiger partial charge in [-0.15, -0.1) is 0 Å². The van der Waals surface area contributed by atoms with Crippen molar-refractivity contribution in [2.75, 3.05) is 14.1 Å². The van der Waals surface area contributed by atoms with Gasteiger partial charge in [-0.1, -0.05) is 11.6 Å². The number of hydrogen-bond donors (Lipinski definition) is 1. The Morgan fingerprint density at radius 2 is 1.97 bits per heavy atom. The number of fused-ring (bicyclic) bond motifs is 1. The molecule has 0 saturated heterocycles. The monoisotopic (exact) mass is 506 g/mol. The number of nitrogens with zero attached hydrogens (tertiary/aromatic N) is 5. The molecule has 4 aliphatic rings. The van der Waals surface area contributed by atoms with Crippen LogP contribution in [0, 0.1) is 5.82 Å². The SMILES string of the molecule is CN(C)S(=O)(=O)C1C2=C(C=C(Cl)CC2)NC=C2N1C=NN2[C@H]1CC[C@H](c2ncccc2F)CC1. The van der Waals surface area contributed by atoms with Gasteiger partial charge in [-0.05, 0) is 62.3 Å². The topological polar surface area (TPSA) is 81.1 Å². The Kier molecular flexibility index (Phi) is 6.16. The van der Waals surface area contributed by atoms with Gasteiger partial charge in [-0.2, -0.15) is 5.10 Å². The third-order valence-electron chi connectivity index (χ3n) is 6.99. The summed E-state index contributed by atoms with van der Waals surface area (Å²) in [4.78, 5) is 6.00. The lowest BCUT2D eigenvalue weighted by Crippen LogP contribution is -2.47. The third kappa shape index (κ3) is 4.01. The molecule has 0 aromatic carbocycles. The molecule has 1 saturated carbocycles. The van der Waals surface area contributed by atoms with Gasteiger partial charge in [0.15, 0.2) is 5.37 Å². The fraction of sp³-hybridized carbons (Fsp3) is 0.478. The quantitative estimate of drug-likeness (QED) is 0.672. The number of hydrazone groups is 1. The summed E-state index contributed by atoms with van der Waals surface area (Å²) >= 11 is 6.28. The molecule has 1 aromatic heterocycles. The largest absolute Gasteiger partial charge is 0.358 e. The van der Waals surface area contributed by atoms with Crippen molar-refractivity contribution in [3.05, 3.63) is 64.2 Å². The van der Waals surface area contributed by atoms with Gasteiger partial charge in [0.05, 0.1) is 11.7 Å². The highest BCUT2D eigenvalue weighted by atomic mass is 35.5. The maximum Gasteiger partial charge on any atom is 0.239 e. The predicted octanol–water partition coefficient (Wildman–Crippen LogP) is 3.60. The standard InChI is InChI=1S/C23H28ClFN6O2S/c1-29(2)34(32,33)23-18-10-7-16(24)12-20(18)27-13-21-30(23)14-28-31(21)17-8-5-15(6-9-17)22-19(25)4-3-11-26-22/h3-4,11-15,17,23,27H,5-10H2,1-2H3/t15-,17-,23?. The molecule has 5 rings (SSSR count). The minimum absolute atomic E-state index is 0.0736. The van der Waals surface area contributed by atoms with Crippen molar-refractivity contribution in [3.8, 4) is 0 Å². The average molecular weight is 507 g/mol. The van der Waals surface area contributed by atoms with Gasteiger partial charge in [0, 0.05) is 43.1 Å². The smallest absolute Gasteiger partial charge is 0.239 e. The van der Waals surface area contributed by atoms with Crippen molar-refractivity contribution in [2.45, 2.75) is 55.9 Å². The first-order chi connectivity index (χ1) is 16.3.